The van der Waals surface area contributed by atoms with Crippen LogP contribution < -0.4 is 9.80 Å². The Balaban J connectivity index is 1.73. The number of rotatable bonds is 3. The van der Waals surface area contributed by atoms with E-state index < -0.39 is 29.5 Å². The number of nitrogens with one attached hydrogen (secondary N) is 1. The Morgan fingerprint density at radius 2 is 1.83 bits per heavy atom. The highest BCUT2D eigenvalue weighted by molar-refractivity contribution is 6.12. The van der Waals surface area contributed by atoms with Gasteiger partial charge in [0.2, 0.25) is 5.95 Å². The van der Waals surface area contributed by atoms with Crippen molar-refractivity contribution in [3.05, 3.63) is 88.5 Å². The first kappa shape index (κ1) is 23.4. The lowest BCUT2D eigenvalue weighted by molar-refractivity contribution is -0.137. The molecule has 2 amide bonds. The van der Waals surface area contributed by atoms with Gasteiger partial charge >= 0.3 is 12.3 Å². The molecule has 1 aliphatic heterocycles. The van der Waals surface area contributed by atoms with E-state index >= 15 is 0 Å². The quantitative estimate of drug-likeness (QED) is 0.375. The fourth-order valence-electron chi connectivity index (χ4n) is 4.47. The van der Waals surface area contributed by atoms with E-state index in [1.165, 1.54) is 50.4 Å². The Hall–Kier alpha value is -4.38. The van der Waals surface area contributed by atoms with Crippen LogP contribution in [0.2, 0.25) is 0 Å². The van der Waals surface area contributed by atoms with Crippen molar-refractivity contribution < 1.29 is 33.0 Å². The maximum atomic E-state index is 13.6. The summed E-state index contributed by atoms with van der Waals surface area (Å²) in [5.74, 6) is -0.627. The van der Waals surface area contributed by atoms with Crippen LogP contribution in [0.15, 0.2) is 60.7 Å². The lowest BCUT2D eigenvalue weighted by atomic mass is 9.93. The monoisotopic (exact) mass is 496 g/mol. The number of alkyl halides is 3. The number of aryl methyl sites for hydroxylation is 1. The van der Waals surface area contributed by atoms with Gasteiger partial charge in [-0.15, -0.1) is 0 Å². The van der Waals surface area contributed by atoms with Gasteiger partial charge in [0.15, 0.2) is 5.72 Å². The molecule has 8 nitrogen and oxygen atoms in total. The van der Waals surface area contributed by atoms with Gasteiger partial charge in [0.25, 0.3) is 5.91 Å². The number of carbonyl (C=O) groups excluding carboxylic acids is 1. The van der Waals surface area contributed by atoms with E-state index in [9.17, 15) is 33.0 Å². The van der Waals surface area contributed by atoms with E-state index in [2.05, 4.69) is 9.97 Å². The van der Waals surface area contributed by atoms with Gasteiger partial charge in [0, 0.05) is 29.4 Å². The van der Waals surface area contributed by atoms with Crippen molar-refractivity contribution in [2.75, 3.05) is 16.8 Å². The molecule has 5 rings (SSSR count). The highest BCUT2D eigenvalue weighted by Crippen LogP contribution is 2.46. The third-order valence-electron chi connectivity index (χ3n) is 6.18. The fourth-order valence-corrected chi connectivity index (χ4v) is 4.47. The Bertz CT molecular complexity index is 1550. The minimum absolute atomic E-state index is 0.0369. The Morgan fingerprint density at radius 1 is 1.11 bits per heavy atom. The summed E-state index contributed by atoms with van der Waals surface area (Å²) >= 11 is 0. The second kappa shape index (κ2) is 7.82. The molecule has 0 aliphatic carbocycles. The summed E-state index contributed by atoms with van der Waals surface area (Å²) in [6.07, 6.45) is -5.90. The van der Waals surface area contributed by atoms with Gasteiger partial charge in [-0.3, -0.25) is 14.6 Å². The second-order valence-electron chi connectivity index (χ2n) is 8.55. The van der Waals surface area contributed by atoms with Crippen molar-refractivity contribution >= 4 is 34.7 Å². The Morgan fingerprint density at radius 3 is 2.53 bits per heavy atom. The first-order valence-electron chi connectivity index (χ1n) is 10.7. The van der Waals surface area contributed by atoms with Gasteiger partial charge in [0.1, 0.15) is 0 Å². The van der Waals surface area contributed by atoms with Crippen LogP contribution >= 0.6 is 0 Å². The molecule has 1 unspecified atom stereocenters. The fraction of sp³-hybridized carbons (Fsp3) is 0.160. The molecule has 11 heteroatoms. The molecule has 3 N–H and O–H groups in total. The van der Waals surface area contributed by atoms with E-state index in [0.717, 1.165) is 21.9 Å². The Kier molecular flexibility index (Phi) is 5.07. The maximum Gasteiger partial charge on any atom is 0.416 e. The number of aliphatic hydroxyl groups is 1. The van der Waals surface area contributed by atoms with E-state index in [1.807, 2.05) is 0 Å². The number of hydrogen-bond donors (Lipinski definition) is 3. The van der Waals surface area contributed by atoms with Crippen molar-refractivity contribution in [2.24, 2.45) is 0 Å². The number of amides is 2. The van der Waals surface area contributed by atoms with Gasteiger partial charge in [-0.05, 0) is 48.9 Å². The highest BCUT2D eigenvalue weighted by Gasteiger charge is 2.51. The maximum absolute atomic E-state index is 13.6. The zero-order chi connectivity index (χ0) is 26.0. The molecule has 2 heterocycles. The number of hydrogen-bond acceptors (Lipinski definition) is 4. The van der Waals surface area contributed by atoms with Crippen molar-refractivity contribution in [2.45, 2.75) is 18.8 Å². The molecule has 0 bridgehead atoms. The molecule has 0 fully saturated rings. The number of nitrogens with zero attached hydrogens (tertiary/aromatic N) is 3. The smallest absolute Gasteiger partial charge is 0.416 e. The number of anilines is 2. The standard InChI is InChI=1S/C25H19F3N4O4/c1-13-9-15(25(26,27)28)11-16(10-13)32-21(33)17-5-3-4-6-18(17)24(32,36)14-7-8-19-20(12-14)30-22(29-19)31(2)23(34)35/h3-12,36H,1-2H3,(H,29,30)(H,34,35). The summed E-state index contributed by atoms with van der Waals surface area (Å²) in [6.45, 7) is 1.47. The molecule has 36 heavy (non-hydrogen) atoms. The molecule has 0 saturated carbocycles. The first-order valence-corrected chi connectivity index (χ1v) is 10.7. The summed E-state index contributed by atoms with van der Waals surface area (Å²) < 4.78 is 40.8. The van der Waals surface area contributed by atoms with E-state index in [1.54, 1.807) is 12.1 Å². The summed E-state index contributed by atoms with van der Waals surface area (Å²) in [6, 6.07) is 14.0. The average Bonchev–Trinajstić information content (AvgIpc) is 3.35. The predicted octanol–water partition coefficient (Wildman–Crippen LogP) is 4.86. The van der Waals surface area contributed by atoms with Gasteiger partial charge in [-0.1, -0.05) is 24.3 Å². The van der Waals surface area contributed by atoms with E-state index in [-0.39, 0.29) is 33.9 Å². The third-order valence-corrected chi connectivity index (χ3v) is 6.18. The molecule has 0 spiro atoms. The average molecular weight is 496 g/mol. The first-order chi connectivity index (χ1) is 16.9. The molecular weight excluding hydrogens is 477 g/mol. The number of fused-ring (bicyclic) bond motifs is 2. The number of aromatic amines is 1. The number of aromatic nitrogens is 2. The zero-order valence-corrected chi connectivity index (χ0v) is 19.0. The van der Waals surface area contributed by atoms with Crippen LogP contribution in [0, 0.1) is 6.92 Å². The van der Waals surface area contributed by atoms with E-state index in [4.69, 9.17) is 0 Å². The lowest BCUT2D eigenvalue weighted by Gasteiger charge is -2.35. The SMILES string of the molecule is Cc1cc(N2C(=O)c3ccccc3C2(O)c2ccc3nc(N(C)C(=O)O)[nH]c3c2)cc(C(F)(F)F)c1. The van der Waals surface area contributed by atoms with Crippen LogP contribution in [0.25, 0.3) is 11.0 Å². The van der Waals surface area contributed by atoms with Gasteiger partial charge in [-0.2, -0.15) is 13.2 Å². The molecule has 0 saturated heterocycles. The molecule has 1 atom stereocenters. The number of imidazole rings is 1. The summed E-state index contributed by atoms with van der Waals surface area (Å²) in [4.78, 5) is 33.7. The number of H-pyrrole nitrogens is 1. The van der Waals surface area contributed by atoms with Crippen LogP contribution in [-0.4, -0.2) is 39.2 Å². The zero-order valence-electron chi connectivity index (χ0n) is 19.0. The van der Waals surface area contributed by atoms with E-state index in [0.29, 0.717) is 11.0 Å². The lowest BCUT2D eigenvalue weighted by Crippen LogP contribution is -2.45. The minimum Gasteiger partial charge on any atom is -0.465 e. The van der Waals surface area contributed by atoms with Crippen molar-refractivity contribution in [1.82, 2.24) is 9.97 Å². The normalized spacial score (nSPS) is 17.5. The molecule has 3 aromatic carbocycles. The topological polar surface area (TPSA) is 110 Å². The van der Waals surface area contributed by atoms with Crippen molar-refractivity contribution in [3.8, 4) is 0 Å². The van der Waals surface area contributed by atoms with Gasteiger partial charge < -0.3 is 15.2 Å². The van der Waals surface area contributed by atoms with Crippen molar-refractivity contribution in [1.29, 1.82) is 0 Å². The number of carbonyl (C=O) groups is 2. The van der Waals surface area contributed by atoms with Crippen LogP contribution in [0.5, 0.6) is 0 Å². The highest BCUT2D eigenvalue weighted by atomic mass is 19.4. The molecule has 1 aromatic heterocycles. The minimum atomic E-state index is -4.66. The summed E-state index contributed by atoms with van der Waals surface area (Å²) in [7, 11) is 1.30. The predicted molar refractivity (Wildman–Crippen MR) is 125 cm³/mol. The second-order valence-corrected chi connectivity index (χ2v) is 8.55. The molecule has 184 valence electrons. The van der Waals surface area contributed by atoms with Crippen LogP contribution in [0.4, 0.5) is 29.6 Å². The molecule has 1 aliphatic rings. The summed E-state index contributed by atoms with van der Waals surface area (Å²) in [5.41, 5.74) is -1.69. The third kappa shape index (κ3) is 3.47. The van der Waals surface area contributed by atoms with Crippen LogP contribution in [0.3, 0.4) is 0 Å². The molecular formula is C25H19F3N4O4. The number of benzene rings is 3. The van der Waals surface area contributed by atoms with Gasteiger partial charge in [0.05, 0.1) is 16.6 Å². The number of halogens is 3. The summed E-state index contributed by atoms with van der Waals surface area (Å²) in [5, 5.41) is 21.4. The number of carboxylic acid groups (broad SMARTS) is 1. The van der Waals surface area contributed by atoms with Crippen molar-refractivity contribution in [3.63, 3.8) is 0 Å². The van der Waals surface area contributed by atoms with Crippen LogP contribution in [-0.2, 0) is 11.9 Å². The largest absolute Gasteiger partial charge is 0.465 e. The Labute approximate surface area is 202 Å². The molecule has 4 aromatic rings. The van der Waals surface area contributed by atoms with Crippen LogP contribution in [0.1, 0.15) is 32.6 Å². The molecule has 0 radical (unpaired) electrons. The van der Waals surface area contributed by atoms with Gasteiger partial charge in [-0.25, -0.2) is 9.78 Å².